The van der Waals surface area contributed by atoms with Crippen molar-refractivity contribution in [1.82, 2.24) is 0 Å². The van der Waals surface area contributed by atoms with E-state index in [1.165, 1.54) is 0 Å². The lowest BCUT2D eigenvalue weighted by Crippen LogP contribution is -2.22. The fourth-order valence-corrected chi connectivity index (χ4v) is 2.66. The first-order valence-corrected chi connectivity index (χ1v) is 8.46. The highest BCUT2D eigenvalue weighted by Gasteiger charge is 2.17. The molecule has 0 heterocycles. The SMILES string of the molecule is CCN(CC)c1ccc(N=Nc2c(C#N)cc([N+](=O)[O-])cc2C#N)cc1OC. The molecule has 9 nitrogen and oxygen atoms in total. The Balaban J connectivity index is 2.48. The summed E-state index contributed by atoms with van der Waals surface area (Å²) in [6, 6.07) is 11.1. The lowest BCUT2D eigenvalue weighted by Gasteiger charge is -2.23. The number of nitriles is 2. The van der Waals surface area contributed by atoms with Gasteiger partial charge in [-0.3, -0.25) is 10.1 Å². The summed E-state index contributed by atoms with van der Waals surface area (Å²) in [7, 11) is 1.56. The fraction of sp³-hybridized carbons (Fsp3) is 0.263. The number of benzene rings is 2. The predicted octanol–water partition coefficient (Wildman–Crippen LogP) is 4.61. The van der Waals surface area contributed by atoms with E-state index in [1.54, 1.807) is 19.2 Å². The molecule has 0 aliphatic carbocycles. The molecule has 28 heavy (non-hydrogen) atoms. The zero-order chi connectivity index (χ0) is 20.7. The van der Waals surface area contributed by atoms with Gasteiger partial charge in [-0.25, -0.2) is 0 Å². The molecule has 0 saturated heterocycles. The van der Waals surface area contributed by atoms with Crippen molar-refractivity contribution < 1.29 is 9.66 Å². The van der Waals surface area contributed by atoms with Crippen LogP contribution in [0.3, 0.4) is 0 Å². The van der Waals surface area contributed by atoms with E-state index in [2.05, 4.69) is 15.1 Å². The van der Waals surface area contributed by atoms with Crippen LogP contribution in [0.15, 0.2) is 40.6 Å². The lowest BCUT2D eigenvalue weighted by atomic mass is 10.1. The summed E-state index contributed by atoms with van der Waals surface area (Å²) in [5.74, 6) is 0.616. The number of nitro groups is 1. The molecule has 0 unspecified atom stereocenters. The van der Waals surface area contributed by atoms with E-state index in [4.69, 9.17) is 4.74 Å². The summed E-state index contributed by atoms with van der Waals surface area (Å²) < 4.78 is 5.43. The minimum atomic E-state index is -0.667. The van der Waals surface area contributed by atoms with E-state index in [-0.39, 0.29) is 22.5 Å². The molecule has 0 aliphatic heterocycles. The minimum Gasteiger partial charge on any atom is -0.495 e. The maximum Gasteiger partial charge on any atom is 0.272 e. The third-order valence-electron chi connectivity index (χ3n) is 4.08. The number of hydrogen-bond donors (Lipinski definition) is 0. The van der Waals surface area contributed by atoms with Gasteiger partial charge in [0, 0.05) is 31.3 Å². The van der Waals surface area contributed by atoms with E-state index >= 15 is 0 Å². The van der Waals surface area contributed by atoms with Gasteiger partial charge in [-0.05, 0) is 26.0 Å². The molecular formula is C19H18N6O3. The zero-order valence-corrected chi connectivity index (χ0v) is 15.7. The van der Waals surface area contributed by atoms with Crippen molar-refractivity contribution in [3.05, 3.63) is 51.6 Å². The number of ether oxygens (including phenoxy) is 1. The molecule has 0 aliphatic rings. The first kappa shape index (κ1) is 20.3. The van der Waals surface area contributed by atoms with Gasteiger partial charge in [0.25, 0.3) is 5.69 Å². The Morgan fingerprint density at radius 2 is 1.71 bits per heavy atom. The average Bonchev–Trinajstić information content (AvgIpc) is 2.72. The van der Waals surface area contributed by atoms with Crippen LogP contribution in [0.5, 0.6) is 5.75 Å². The third kappa shape index (κ3) is 4.22. The highest BCUT2D eigenvalue weighted by Crippen LogP contribution is 2.34. The van der Waals surface area contributed by atoms with Crippen molar-refractivity contribution in [3.63, 3.8) is 0 Å². The third-order valence-corrected chi connectivity index (χ3v) is 4.08. The molecule has 0 spiro atoms. The van der Waals surface area contributed by atoms with Gasteiger partial charge in [-0.1, -0.05) is 0 Å². The van der Waals surface area contributed by atoms with Crippen molar-refractivity contribution >= 4 is 22.7 Å². The zero-order valence-electron chi connectivity index (χ0n) is 15.7. The first-order valence-electron chi connectivity index (χ1n) is 8.46. The Labute approximate surface area is 162 Å². The second kappa shape index (κ2) is 9.10. The number of nitrogens with zero attached hydrogens (tertiary/aromatic N) is 6. The summed E-state index contributed by atoms with van der Waals surface area (Å²) in [4.78, 5) is 12.4. The van der Waals surface area contributed by atoms with E-state index in [1.807, 2.05) is 32.1 Å². The van der Waals surface area contributed by atoms with Crippen LogP contribution in [-0.4, -0.2) is 25.1 Å². The summed E-state index contributed by atoms with van der Waals surface area (Å²) in [5.41, 5.74) is 0.818. The van der Waals surface area contributed by atoms with Crippen LogP contribution < -0.4 is 9.64 Å². The average molecular weight is 378 g/mol. The second-order valence-electron chi connectivity index (χ2n) is 5.60. The van der Waals surface area contributed by atoms with Gasteiger partial charge in [-0.2, -0.15) is 15.6 Å². The van der Waals surface area contributed by atoms with Gasteiger partial charge in [0.15, 0.2) is 0 Å². The standard InChI is InChI=1S/C19H18N6O3/c1-4-24(5-2)17-7-6-15(10-18(17)28-3)22-23-19-13(11-20)8-16(25(26)27)9-14(19)12-21/h6-10H,4-5H2,1-3H3. The molecule has 0 bridgehead atoms. The van der Waals surface area contributed by atoms with Gasteiger partial charge in [0.1, 0.15) is 23.6 Å². The molecule has 0 saturated carbocycles. The fourth-order valence-electron chi connectivity index (χ4n) is 2.66. The molecule has 0 amide bonds. The monoisotopic (exact) mass is 378 g/mol. The molecule has 0 radical (unpaired) electrons. The van der Waals surface area contributed by atoms with Crippen LogP contribution >= 0.6 is 0 Å². The summed E-state index contributed by atoms with van der Waals surface area (Å²) in [5, 5.41) is 37.6. The number of nitro benzene ring substituents is 1. The van der Waals surface area contributed by atoms with E-state index in [0.717, 1.165) is 30.9 Å². The molecule has 2 aromatic rings. The molecule has 0 aromatic heterocycles. The van der Waals surface area contributed by atoms with E-state index in [9.17, 15) is 20.6 Å². The number of azo groups is 1. The highest BCUT2D eigenvalue weighted by molar-refractivity contribution is 5.67. The van der Waals surface area contributed by atoms with Gasteiger partial charge in [0.05, 0.1) is 34.5 Å². The van der Waals surface area contributed by atoms with E-state index in [0.29, 0.717) is 11.4 Å². The molecular weight excluding hydrogens is 360 g/mol. The quantitative estimate of drug-likeness (QED) is 0.393. The Kier molecular flexibility index (Phi) is 6.61. The number of anilines is 1. The smallest absolute Gasteiger partial charge is 0.272 e. The van der Waals surface area contributed by atoms with Crippen LogP contribution in [0.4, 0.5) is 22.7 Å². The Morgan fingerprint density at radius 1 is 1.11 bits per heavy atom. The van der Waals surface area contributed by atoms with Gasteiger partial charge in [-0.15, -0.1) is 5.11 Å². The predicted molar refractivity (Wildman–Crippen MR) is 103 cm³/mol. The molecule has 2 aromatic carbocycles. The van der Waals surface area contributed by atoms with E-state index < -0.39 is 4.92 Å². The second-order valence-corrected chi connectivity index (χ2v) is 5.60. The van der Waals surface area contributed by atoms with Crippen LogP contribution in [0.1, 0.15) is 25.0 Å². The number of methoxy groups -OCH3 is 1. The van der Waals surface area contributed by atoms with Crippen LogP contribution in [-0.2, 0) is 0 Å². The summed E-state index contributed by atoms with van der Waals surface area (Å²) in [6.45, 7) is 5.71. The molecule has 0 atom stereocenters. The molecule has 9 heteroatoms. The van der Waals surface area contributed by atoms with Gasteiger partial charge in [0.2, 0.25) is 0 Å². The van der Waals surface area contributed by atoms with Crippen LogP contribution in [0.25, 0.3) is 0 Å². The normalized spacial score (nSPS) is 10.3. The van der Waals surface area contributed by atoms with Crippen molar-refractivity contribution in [2.24, 2.45) is 10.2 Å². The molecule has 142 valence electrons. The number of hydrogen-bond acceptors (Lipinski definition) is 8. The first-order chi connectivity index (χ1) is 13.5. The number of rotatable bonds is 7. The van der Waals surface area contributed by atoms with Gasteiger partial charge >= 0.3 is 0 Å². The van der Waals surface area contributed by atoms with Crippen LogP contribution in [0, 0.1) is 32.8 Å². The molecule has 2 rings (SSSR count). The van der Waals surface area contributed by atoms with Crippen LogP contribution in [0.2, 0.25) is 0 Å². The lowest BCUT2D eigenvalue weighted by molar-refractivity contribution is -0.384. The number of non-ortho nitro benzene ring substituents is 1. The van der Waals surface area contributed by atoms with Crippen molar-refractivity contribution in [2.45, 2.75) is 13.8 Å². The highest BCUT2D eigenvalue weighted by atomic mass is 16.6. The maximum atomic E-state index is 10.9. The minimum absolute atomic E-state index is 0.0117. The summed E-state index contributed by atoms with van der Waals surface area (Å²) >= 11 is 0. The Morgan fingerprint density at radius 3 is 2.18 bits per heavy atom. The Bertz CT molecular complexity index is 965. The Hall–Kier alpha value is -3.98. The molecule has 0 N–H and O–H groups in total. The molecule has 0 fully saturated rings. The van der Waals surface area contributed by atoms with Crippen molar-refractivity contribution in [1.29, 1.82) is 10.5 Å². The topological polar surface area (TPSA) is 128 Å². The summed E-state index contributed by atoms with van der Waals surface area (Å²) in [6.07, 6.45) is 0. The van der Waals surface area contributed by atoms with Gasteiger partial charge < -0.3 is 9.64 Å². The maximum absolute atomic E-state index is 10.9. The van der Waals surface area contributed by atoms with Crippen molar-refractivity contribution in [2.75, 3.05) is 25.1 Å². The van der Waals surface area contributed by atoms with Crippen molar-refractivity contribution in [3.8, 4) is 17.9 Å². The largest absolute Gasteiger partial charge is 0.495 e.